The number of unbranched alkanes of at least 4 members (excludes halogenated alkanes) is 5. The lowest BCUT2D eigenvalue weighted by Crippen LogP contribution is -2.34. The van der Waals surface area contributed by atoms with Gasteiger partial charge in [0, 0.05) is 17.9 Å². The Labute approximate surface area is 118 Å². The van der Waals surface area contributed by atoms with Gasteiger partial charge in [-0.3, -0.25) is 0 Å². The smallest absolute Gasteiger partial charge is 0.0671 e. The van der Waals surface area contributed by atoms with E-state index in [9.17, 15) is 0 Å². The van der Waals surface area contributed by atoms with E-state index in [0.29, 0.717) is 11.5 Å². The Morgan fingerprint density at radius 1 is 1.11 bits per heavy atom. The second-order valence-electron chi connectivity index (χ2n) is 6.39. The second kappa shape index (κ2) is 7.14. The molecule has 2 fully saturated rings. The fraction of sp³-hybridized carbons (Fsp3) is 1.00. The highest BCUT2D eigenvalue weighted by Crippen LogP contribution is 2.50. The molecule has 2 heteroatoms. The normalized spacial score (nSPS) is 32.0. The molecule has 2 atom stereocenters. The SMILES string of the molecule is CCCCCCCCC1(CCl)CCOC1C1CC1. The van der Waals surface area contributed by atoms with Gasteiger partial charge >= 0.3 is 0 Å². The Morgan fingerprint density at radius 3 is 2.50 bits per heavy atom. The predicted molar refractivity (Wildman–Crippen MR) is 78.2 cm³/mol. The molecule has 1 aliphatic heterocycles. The van der Waals surface area contributed by atoms with Crippen LogP contribution in [0.3, 0.4) is 0 Å². The predicted octanol–water partition coefficient (Wildman–Crippen LogP) is 5.16. The van der Waals surface area contributed by atoms with Gasteiger partial charge < -0.3 is 4.74 Å². The summed E-state index contributed by atoms with van der Waals surface area (Å²) < 4.78 is 5.99. The summed E-state index contributed by atoms with van der Waals surface area (Å²) in [5, 5.41) is 0. The Kier molecular flexibility index (Phi) is 5.82. The molecule has 0 bridgehead atoms. The molecular weight excluding hydrogens is 244 g/mol. The van der Waals surface area contributed by atoms with Crippen molar-refractivity contribution in [3.05, 3.63) is 0 Å². The van der Waals surface area contributed by atoms with Gasteiger partial charge in [-0.2, -0.15) is 0 Å². The molecule has 0 N–H and O–H groups in total. The third-order valence-corrected chi connectivity index (χ3v) is 5.38. The maximum absolute atomic E-state index is 6.31. The number of hydrogen-bond acceptors (Lipinski definition) is 1. The average Bonchev–Trinajstić information content (AvgIpc) is 3.15. The first-order valence-corrected chi connectivity index (χ1v) is 8.53. The van der Waals surface area contributed by atoms with Gasteiger partial charge in [0.05, 0.1) is 6.10 Å². The van der Waals surface area contributed by atoms with Gasteiger partial charge in [-0.1, -0.05) is 45.4 Å². The molecule has 0 aromatic heterocycles. The summed E-state index contributed by atoms with van der Waals surface area (Å²) in [6.45, 7) is 3.22. The maximum atomic E-state index is 6.31. The zero-order chi connectivity index (χ0) is 12.8. The Bertz CT molecular complexity index is 239. The van der Waals surface area contributed by atoms with Crippen LogP contribution in [0.1, 0.15) is 71.1 Å². The first-order chi connectivity index (χ1) is 8.82. The summed E-state index contributed by atoms with van der Waals surface area (Å²) >= 11 is 6.31. The van der Waals surface area contributed by atoms with Gasteiger partial charge in [0.25, 0.3) is 0 Å². The largest absolute Gasteiger partial charge is 0.377 e. The molecule has 1 saturated heterocycles. The second-order valence-corrected chi connectivity index (χ2v) is 6.66. The van der Waals surface area contributed by atoms with Crippen LogP contribution in [0.15, 0.2) is 0 Å². The van der Waals surface area contributed by atoms with Crippen LogP contribution in [-0.4, -0.2) is 18.6 Å². The standard InChI is InChI=1S/C16H29ClO/c1-2-3-4-5-6-7-10-16(13-17)11-12-18-15(16)14-8-9-14/h14-15H,2-13H2,1H3. The van der Waals surface area contributed by atoms with Gasteiger partial charge in [-0.15, -0.1) is 11.6 Å². The van der Waals surface area contributed by atoms with E-state index in [1.807, 2.05) is 0 Å². The van der Waals surface area contributed by atoms with Gasteiger partial charge in [0.1, 0.15) is 0 Å². The lowest BCUT2D eigenvalue weighted by Gasteiger charge is -2.32. The van der Waals surface area contributed by atoms with Crippen molar-refractivity contribution in [1.82, 2.24) is 0 Å². The zero-order valence-electron chi connectivity index (χ0n) is 11.9. The van der Waals surface area contributed by atoms with E-state index >= 15 is 0 Å². The van der Waals surface area contributed by atoms with Crippen molar-refractivity contribution < 1.29 is 4.74 Å². The van der Waals surface area contributed by atoms with E-state index in [2.05, 4.69) is 6.92 Å². The number of halogens is 1. The van der Waals surface area contributed by atoms with Gasteiger partial charge in [0.2, 0.25) is 0 Å². The van der Waals surface area contributed by atoms with Gasteiger partial charge in [0.15, 0.2) is 0 Å². The van der Waals surface area contributed by atoms with E-state index in [0.717, 1.165) is 18.4 Å². The van der Waals surface area contributed by atoms with Crippen LogP contribution in [0.25, 0.3) is 0 Å². The van der Waals surface area contributed by atoms with Crippen LogP contribution in [-0.2, 0) is 4.74 Å². The third kappa shape index (κ3) is 3.63. The van der Waals surface area contributed by atoms with Crippen molar-refractivity contribution in [3.8, 4) is 0 Å². The van der Waals surface area contributed by atoms with E-state index in [4.69, 9.17) is 16.3 Å². The molecule has 0 aromatic carbocycles. The first-order valence-electron chi connectivity index (χ1n) is 8.00. The fourth-order valence-electron chi connectivity index (χ4n) is 3.48. The molecule has 2 aliphatic rings. The minimum Gasteiger partial charge on any atom is -0.377 e. The highest BCUT2D eigenvalue weighted by atomic mass is 35.5. The molecule has 0 spiro atoms. The highest BCUT2D eigenvalue weighted by Gasteiger charge is 2.49. The monoisotopic (exact) mass is 272 g/mol. The van der Waals surface area contributed by atoms with Crippen molar-refractivity contribution in [2.45, 2.75) is 77.2 Å². The summed E-state index contributed by atoms with van der Waals surface area (Å²) in [5.41, 5.74) is 0.327. The zero-order valence-corrected chi connectivity index (χ0v) is 12.7. The Hall–Kier alpha value is 0.250. The quantitative estimate of drug-likeness (QED) is 0.416. The third-order valence-electron chi connectivity index (χ3n) is 4.85. The van der Waals surface area contributed by atoms with Crippen molar-refractivity contribution in [2.75, 3.05) is 12.5 Å². The molecule has 2 unspecified atom stereocenters. The number of alkyl halides is 1. The van der Waals surface area contributed by atoms with E-state index in [1.54, 1.807) is 0 Å². The average molecular weight is 273 g/mol. The molecule has 0 amide bonds. The van der Waals surface area contributed by atoms with Crippen molar-refractivity contribution in [1.29, 1.82) is 0 Å². The first kappa shape index (κ1) is 14.7. The molecule has 0 aromatic rings. The van der Waals surface area contributed by atoms with Crippen molar-refractivity contribution >= 4 is 11.6 Å². The number of ether oxygens (including phenoxy) is 1. The summed E-state index contributed by atoms with van der Waals surface area (Å²) in [6, 6.07) is 0. The van der Waals surface area contributed by atoms with E-state index in [1.165, 1.54) is 64.2 Å². The van der Waals surface area contributed by atoms with Gasteiger partial charge in [-0.25, -0.2) is 0 Å². The minimum atomic E-state index is 0.327. The van der Waals surface area contributed by atoms with Gasteiger partial charge in [-0.05, 0) is 31.6 Å². The molecule has 1 saturated carbocycles. The lowest BCUT2D eigenvalue weighted by atomic mass is 9.76. The van der Waals surface area contributed by atoms with Crippen LogP contribution >= 0.6 is 11.6 Å². The van der Waals surface area contributed by atoms with Crippen LogP contribution in [0, 0.1) is 11.3 Å². The Morgan fingerprint density at radius 2 is 1.83 bits per heavy atom. The fourth-order valence-corrected chi connectivity index (χ4v) is 3.90. The molecule has 1 aliphatic carbocycles. The minimum absolute atomic E-state index is 0.327. The number of hydrogen-bond donors (Lipinski definition) is 0. The topological polar surface area (TPSA) is 9.23 Å². The van der Waals surface area contributed by atoms with Crippen LogP contribution < -0.4 is 0 Å². The van der Waals surface area contributed by atoms with E-state index in [-0.39, 0.29) is 0 Å². The lowest BCUT2D eigenvalue weighted by molar-refractivity contribution is 0.0354. The molecule has 0 radical (unpaired) electrons. The maximum Gasteiger partial charge on any atom is 0.0671 e. The van der Waals surface area contributed by atoms with Crippen LogP contribution in [0.2, 0.25) is 0 Å². The molecule has 1 heterocycles. The molecule has 106 valence electrons. The van der Waals surface area contributed by atoms with Crippen molar-refractivity contribution in [2.24, 2.45) is 11.3 Å². The number of rotatable bonds is 9. The molecular formula is C16H29ClO. The molecule has 18 heavy (non-hydrogen) atoms. The van der Waals surface area contributed by atoms with Crippen LogP contribution in [0.5, 0.6) is 0 Å². The van der Waals surface area contributed by atoms with E-state index < -0.39 is 0 Å². The summed E-state index contributed by atoms with van der Waals surface area (Å²) in [7, 11) is 0. The molecule has 2 rings (SSSR count). The molecule has 1 nitrogen and oxygen atoms in total. The Balaban J connectivity index is 1.70. The summed E-state index contributed by atoms with van der Waals surface area (Å²) in [4.78, 5) is 0. The summed E-state index contributed by atoms with van der Waals surface area (Å²) in [5.74, 6) is 1.65. The summed E-state index contributed by atoms with van der Waals surface area (Å²) in [6.07, 6.45) is 14.0. The van der Waals surface area contributed by atoms with Crippen molar-refractivity contribution in [3.63, 3.8) is 0 Å². The van der Waals surface area contributed by atoms with Crippen LogP contribution in [0.4, 0.5) is 0 Å². The highest BCUT2D eigenvalue weighted by molar-refractivity contribution is 6.18.